The number of carbonyl (C=O) groups excluding carboxylic acids is 4. The minimum atomic E-state index is -0.224. The lowest BCUT2D eigenvalue weighted by Gasteiger charge is -2.22. The average molecular weight is 433 g/mol. The van der Waals surface area contributed by atoms with E-state index in [1.165, 1.54) is 24.2 Å². The molecule has 0 bridgehead atoms. The maximum atomic E-state index is 12.1. The Morgan fingerprint density at radius 1 is 1.07 bits per heavy atom. The quantitative estimate of drug-likeness (QED) is 0.547. The van der Waals surface area contributed by atoms with Gasteiger partial charge in [-0.2, -0.15) is 0 Å². The first-order valence-electron chi connectivity index (χ1n) is 10.4. The summed E-state index contributed by atoms with van der Waals surface area (Å²) < 4.78 is 0. The molecule has 8 nitrogen and oxygen atoms in total. The molecule has 0 spiro atoms. The largest absolute Gasteiger partial charge is 0.338 e. The molecule has 1 aliphatic carbocycles. The van der Waals surface area contributed by atoms with E-state index in [9.17, 15) is 19.2 Å². The van der Waals surface area contributed by atoms with Crippen LogP contribution in [0, 0.1) is 0 Å². The second kappa shape index (κ2) is 11.0. The number of hydrogen-bond acceptors (Lipinski definition) is 5. The highest BCUT2D eigenvalue weighted by atomic mass is 32.2. The van der Waals surface area contributed by atoms with Crippen molar-refractivity contribution >= 4 is 40.5 Å². The van der Waals surface area contributed by atoms with Crippen molar-refractivity contribution in [1.29, 1.82) is 0 Å². The number of carbonyl (C=O) groups is 4. The van der Waals surface area contributed by atoms with Crippen LogP contribution in [0.1, 0.15) is 50.5 Å². The van der Waals surface area contributed by atoms with Crippen molar-refractivity contribution in [3.8, 4) is 0 Å². The standard InChI is InChI=1S/C21H28N4O4S/c26-18(7-4-12-22-20(28)24-16-5-2-1-3-6-16)23-17-10-8-15(9-11-17)13-25-19(27)14-30-21(25)29/h8-11,16H,1-7,12-14H2,(H,23,26)(H2,22,24,28). The van der Waals surface area contributed by atoms with Crippen LogP contribution in [-0.2, 0) is 16.1 Å². The van der Waals surface area contributed by atoms with Gasteiger partial charge in [-0.25, -0.2) is 4.79 Å². The van der Waals surface area contributed by atoms with E-state index in [0.717, 1.165) is 30.2 Å². The van der Waals surface area contributed by atoms with Crippen molar-refractivity contribution < 1.29 is 19.2 Å². The van der Waals surface area contributed by atoms with Gasteiger partial charge in [-0.3, -0.25) is 19.3 Å². The maximum Gasteiger partial charge on any atom is 0.315 e. The van der Waals surface area contributed by atoms with Gasteiger partial charge in [0.05, 0.1) is 12.3 Å². The Kier molecular flexibility index (Phi) is 8.12. The minimum Gasteiger partial charge on any atom is -0.338 e. The number of rotatable bonds is 8. The summed E-state index contributed by atoms with van der Waals surface area (Å²) in [5.41, 5.74) is 1.48. The summed E-state index contributed by atoms with van der Waals surface area (Å²) in [5.74, 6) is -0.105. The van der Waals surface area contributed by atoms with Gasteiger partial charge in [-0.05, 0) is 37.0 Å². The molecule has 1 heterocycles. The van der Waals surface area contributed by atoms with Gasteiger partial charge in [-0.15, -0.1) is 0 Å². The van der Waals surface area contributed by atoms with E-state index in [-0.39, 0.29) is 41.4 Å². The fourth-order valence-electron chi connectivity index (χ4n) is 3.57. The Labute approximate surface area is 180 Å². The zero-order valence-corrected chi connectivity index (χ0v) is 17.8. The summed E-state index contributed by atoms with van der Waals surface area (Å²) >= 11 is 1.01. The SMILES string of the molecule is O=C(CCCNC(=O)NC1CCCCC1)Nc1ccc(CN2C(=O)CSC2=O)cc1. The molecular formula is C21H28N4O4S. The van der Waals surface area contributed by atoms with Gasteiger partial charge in [-0.1, -0.05) is 43.2 Å². The van der Waals surface area contributed by atoms with E-state index in [2.05, 4.69) is 16.0 Å². The molecule has 0 atom stereocenters. The van der Waals surface area contributed by atoms with Crippen molar-refractivity contribution in [2.75, 3.05) is 17.6 Å². The second-order valence-corrected chi connectivity index (χ2v) is 8.54. The Hall–Kier alpha value is -2.55. The lowest BCUT2D eigenvalue weighted by Crippen LogP contribution is -2.43. The number of urea groups is 1. The monoisotopic (exact) mass is 432 g/mol. The highest BCUT2D eigenvalue weighted by Crippen LogP contribution is 2.22. The van der Waals surface area contributed by atoms with E-state index in [1.807, 2.05) is 0 Å². The topological polar surface area (TPSA) is 108 Å². The van der Waals surface area contributed by atoms with Gasteiger partial charge >= 0.3 is 6.03 Å². The molecule has 1 saturated heterocycles. The summed E-state index contributed by atoms with van der Waals surface area (Å²) in [6, 6.07) is 7.19. The Morgan fingerprint density at radius 2 is 1.80 bits per heavy atom. The predicted octanol–water partition coefficient (Wildman–Crippen LogP) is 3.23. The van der Waals surface area contributed by atoms with Crippen LogP contribution in [0.5, 0.6) is 0 Å². The van der Waals surface area contributed by atoms with Crippen molar-refractivity contribution in [1.82, 2.24) is 15.5 Å². The molecule has 2 aliphatic rings. The van der Waals surface area contributed by atoms with Crippen LogP contribution >= 0.6 is 11.8 Å². The van der Waals surface area contributed by atoms with Gasteiger partial charge in [0.25, 0.3) is 5.24 Å². The number of amides is 5. The third-order valence-electron chi connectivity index (χ3n) is 5.23. The molecular weight excluding hydrogens is 404 g/mol. The van der Waals surface area contributed by atoms with Crippen molar-refractivity contribution in [3.05, 3.63) is 29.8 Å². The van der Waals surface area contributed by atoms with Gasteiger partial charge in [0.15, 0.2) is 0 Å². The van der Waals surface area contributed by atoms with Gasteiger partial charge < -0.3 is 16.0 Å². The van der Waals surface area contributed by atoms with Gasteiger partial charge in [0.1, 0.15) is 0 Å². The van der Waals surface area contributed by atoms with Crippen molar-refractivity contribution in [2.24, 2.45) is 0 Å². The van der Waals surface area contributed by atoms with E-state index < -0.39 is 0 Å². The normalized spacial score (nSPS) is 17.1. The number of nitrogens with one attached hydrogen (secondary N) is 3. The van der Waals surface area contributed by atoms with Gasteiger partial charge in [0, 0.05) is 24.7 Å². The summed E-state index contributed by atoms with van der Waals surface area (Å²) in [6.45, 7) is 0.689. The van der Waals surface area contributed by atoms with Gasteiger partial charge in [0.2, 0.25) is 11.8 Å². The molecule has 1 saturated carbocycles. The Bertz CT molecular complexity index is 762. The van der Waals surface area contributed by atoms with Crippen LogP contribution < -0.4 is 16.0 Å². The highest BCUT2D eigenvalue weighted by Gasteiger charge is 2.29. The number of anilines is 1. The number of imide groups is 1. The molecule has 5 amide bonds. The summed E-state index contributed by atoms with van der Waals surface area (Å²) in [7, 11) is 0. The van der Waals surface area contributed by atoms with E-state index in [1.54, 1.807) is 24.3 Å². The fourth-order valence-corrected chi connectivity index (χ4v) is 4.29. The van der Waals surface area contributed by atoms with Crippen LogP contribution in [0.4, 0.5) is 15.3 Å². The second-order valence-electron chi connectivity index (χ2n) is 7.62. The first-order valence-corrected chi connectivity index (χ1v) is 11.4. The van der Waals surface area contributed by atoms with Crippen LogP contribution in [0.25, 0.3) is 0 Å². The summed E-state index contributed by atoms with van der Waals surface area (Å²) in [5, 5.41) is 8.38. The number of hydrogen-bond donors (Lipinski definition) is 3. The molecule has 1 aromatic rings. The van der Waals surface area contributed by atoms with E-state index in [4.69, 9.17) is 0 Å². The molecule has 2 fully saturated rings. The highest BCUT2D eigenvalue weighted by molar-refractivity contribution is 8.14. The molecule has 3 rings (SSSR count). The lowest BCUT2D eigenvalue weighted by atomic mass is 9.96. The third kappa shape index (κ3) is 6.76. The van der Waals surface area contributed by atoms with E-state index in [0.29, 0.717) is 25.1 Å². The minimum absolute atomic E-state index is 0.126. The smallest absolute Gasteiger partial charge is 0.315 e. The molecule has 162 valence electrons. The van der Waals surface area contributed by atoms with Crippen molar-refractivity contribution in [2.45, 2.75) is 57.5 Å². The number of thioether (sulfide) groups is 1. The number of benzene rings is 1. The van der Waals surface area contributed by atoms with Crippen LogP contribution in [-0.4, -0.2) is 46.3 Å². The predicted molar refractivity (Wildman–Crippen MR) is 116 cm³/mol. The summed E-state index contributed by atoms with van der Waals surface area (Å²) in [6.07, 6.45) is 6.52. The molecule has 1 aromatic carbocycles. The van der Waals surface area contributed by atoms with Crippen molar-refractivity contribution in [3.63, 3.8) is 0 Å². The fraction of sp³-hybridized carbons (Fsp3) is 0.524. The Morgan fingerprint density at radius 3 is 2.47 bits per heavy atom. The van der Waals surface area contributed by atoms with Crippen LogP contribution in [0.3, 0.4) is 0 Å². The third-order valence-corrected chi connectivity index (χ3v) is 6.08. The zero-order chi connectivity index (χ0) is 21.3. The summed E-state index contributed by atoms with van der Waals surface area (Å²) in [4.78, 5) is 48.5. The Balaban J connectivity index is 1.32. The molecule has 9 heteroatoms. The molecule has 0 radical (unpaired) electrons. The van der Waals surface area contributed by atoms with Crippen LogP contribution in [0.2, 0.25) is 0 Å². The first-order chi connectivity index (χ1) is 14.5. The molecule has 3 N–H and O–H groups in total. The number of nitrogens with zero attached hydrogens (tertiary/aromatic N) is 1. The van der Waals surface area contributed by atoms with Crippen LogP contribution in [0.15, 0.2) is 24.3 Å². The lowest BCUT2D eigenvalue weighted by molar-refractivity contribution is -0.125. The first kappa shape index (κ1) is 22.1. The van der Waals surface area contributed by atoms with E-state index >= 15 is 0 Å². The molecule has 1 aliphatic heterocycles. The zero-order valence-electron chi connectivity index (χ0n) is 16.9. The average Bonchev–Trinajstić information content (AvgIpc) is 3.05. The maximum absolute atomic E-state index is 12.1. The molecule has 0 aromatic heterocycles. The molecule has 0 unspecified atom stereocenters. The molecule has 30 heavy (non-hydrogen) atoms.